The number of halogens is 1. The van der Waals surface area contributed by atoms with E-state index < -0.39 is 27.8 Å². The molecule has 0 bridgehead atoms. The summed E-state index contributed by atoms with van der Waals surface area (Å²) in [4.78, 5) is 12.0. The first kappa shape index (κ1) is 24.8. The molecule has 1 aliphatic carbocycles. The zero-order chi connectivity index (χ0) is 22.7. The van der Waals surface area contributed by atoms with Gasteiger partial charge < -0.3 is 19.3 Å². The Morgan fingerprint density at radius 1 is 1.23 bits per heavy atom. The van der Waals surface area contributed by atoms with Crippen molar-refractivity contribution in [1.82, 2.24) is 10.0 Å². The summed E-state index contributed by atoms with van der Waals surface area (Å²) in [5.74, 6) is 0.189. The molecule has 6 nitrogen and oxygen atoms in total. The largest absolute Gasteiger partial charge is 0.598 e. The maximum absolute atomic E-state index is 13.9. The van der Waals surface area contributed by atoms with Gasteiger partial charge in [-0.2, -0.15) is 0 Å². The van der Waals surface area contributed by atoms with E-state index in [1.807, 2.05) is 48.5 Å². The van der Waals surface area contributed by atoms with E-state index in [4.69, 9.17) is 9.47 Å². The molecule has 0 aliphatic heterocycles. The lowest BCUT2D eigenvalue weighted by molar-refractivity contribution is 0.0503. The number of hydrogen-bond donors (Lipinski definition) is 2. The van der Waals surface area contributed by atoms with Crippen LogP contribution in [0.2, 0.25) is 0 Å². The van der Waals surface area contributed by atoms with Crippen LogP contribution in [-0.4, -0.2) is 33.1 Å². The minimum Gasteiger partial charge on any atom is -0.598 e. The summed E-state index contributed by atoms with van der Waals surface area (Å²) in [5.41, 5.74) is 0.0777. The molecule has 1 aromatic carbocycles. The maximum atomic E-state index is 13.9. The molecule has 1 aliphatic rings. The van der Waals surface area contributed by atoms with Gasteiger partial charge >= 0.3 is 6.09 Å². The van der Waals surface area contributed by atoms with Crippen LogP contribution >= 0.6 is 0 Å². The molecule has 2 rings (SSSR count). The number of ether oxygens (including phenoxy) is 2. The van der Waals surface area contributed by atoms with Crippen LogP contribution in [0.15, 0.2) is 18.2 Å². The van der Waals surface area contributed by atoms with Gasteiger partial charge in [0, 0.05) is 29.4 Å². The van der Waals surface area contributed by atoms with Gasteiger partial charge in [-0.25, -0.2) is 9.18 Å². The second kappa shape index (κ2) is 9.75. The zero-order valence-corrected chi connectivity index (χ0v) is 19.8. The quantitative estimate of drug-likeness (QED) is 0.621. The fourth-order valence-electron chi connectivity index (χ4n) is 3.20. The highest BCUT2D eigenvalue weighted by atomic mass is 32.2. The van der Waals surface area contributed by atoms with E-state index in [2.05, 4.69) is 10.0 Å². The zero-order valence-electron chi connectivity index (χ0n) is 19.0. The molecular formula is C22H35FN2O4S. The Morgan fingerprint density at radius 2 is 1.90 bits per heavy atom. The SMILES string of the molecule is C[C@@H](N[S+]([O-])C(C)(C)C)c1cc(F)ccc1O[C@@H]1CC[C@@H](NC(=O)OC(C)(C)C)C1. The summed E-state index contributed by atoms with van der Waals surface area (Å²) >= 11 is -1.30. The van der Waals surface area contributed by atoms with Crippen molar-refractivity contribution >= 4 is 17.5 Å². The standard InChI is InChI=1S/C22H35FN2O4S/c1-14(25-30(27)22(5,6)7)18-12-15(23)8-11-19(18)28-17-10-9-16(13-17)24-20(26)29-21(2,3)4/h8,11-12,14,16-17,25H,9-10,13H2,1-7H3,(H,24,26)/t14-,16-,17-,30?/m1/s1. The monoisotopic (exact) mass is 442 g/mol. The second-order valence-corrected chi connectivity index (χ2v) is 11.8. The fourth-order valence-corrected chi connectivity index (χ4v) is 4.00. The van der Waals surface area contributed by atoms with E-state index in [0.29, 0.717) is 17.7 Å². The molecule has 1 saturated carbocycles. The van der Waals surface area contributed by atoms with Crippen LogP contribution in [0.5, 0.6) is 5.75 Å². The van der Waals surface area contributed by atoms with Gasteiger partial charge in [-0.1, -0.05) is 0 Å². The molecule has 8 heteroatoms. The van der Waals surface area contributed by atoms with Crippen LogP contribution < -0.4 is 14.8 Å². The number of rotatable bonds is 6. The van der Waals surface area contributed by atoms with Crippen molar-refractivity contribution in [2.45, 2.75) is 96.3 Å². The van der Waals surface area contributed by atoms with Gasteiger partial charge in [-0.15, -0.1) is 4.72 Å². The predicted octanol–water partition coefficient (Wildman–Crippen LogP) is 4.76. The molecule has 1 amide bonds. The minimum atomic E-state index is -1.30. The van der Waals surface area contributed by atoms with Gasteiger partial charge in [0.1, 0.15) is 28.0 Å². The van der Waals surface area contributed by atoms with Crippen molar-refractivity contribution in [3.8, 4) is 5.75 Å². The van der Waals surface area contributed by atoms with Crippen molar-refractivity contribution in [3.63, 3.8) is 0 Å². The molecule has 0 radical (unpaired) electrons. The molecule has 0 spiro atoms. The Kier molecular flexibility index (Phi) is 8.04. The third kappa shape index (κ3) is 7.63. The van der Waals surface area contributed by atoms with Gasteiger partial charge in [0.2, 0.25) is 0 Å². The maximum Gasteiger partial charge on any atom is 0.407 e. The number of benzene rings is 1. The Morgan fingerprint density at radius 3 is 2.50 bits per heavy atom. The van der Waals surface area contributed by atoms with Crippen LogP contribution in [0, 0.1) is 5.82 Å². The molecular weight excluding hydrogens is 407 g/mol. The molecule has 1 fully saturated rings. The number of amides is 1. The molecule has 30 heavy (non-hydrogen) atoms. The van der Waals surface area contributed by atoms with E-state index in [9.17, 15) is 13.7 Å². The summed E-state index contributed by atoms with van der Waals surface area (Å²) in [7, 11) is 0. The Labute approximate surface area is 182 Å². The lowest BCUT2D eigenvalue weighted by Gasteiger charge is -2.27. The van der Waals surface area contributed by atoms with Crippen molar-refractivity contribution in [2.75, 3.05) is 0 Å². The number of hydrogen-bond acceptors (Lipinski definition) is 5. The van der Waals surface area contributed by atoms with Crippen molar-refractivity contribution in [3.05, 3.63) is 29.6 Å². The smallest absolute Gasteiger partial charge is 0.407 e. The van der Waals surface area contributed by atoms with Gasteiger partial charge in [0.25, 0.3) is 0 Å². The average molecular weight is 443 g/mol. The minimum absolute atomic E-state index is 0.0299. The average Bonchev–Trinajstić information content (AvgIpc) is 3.00. The lowest BCUT2D eigenvalue weighted by atomic mass is 10.1. The summed E-state index contributed by atoms with van der Waals surface area (Å²) in [6.07, 6.45) is 1.66. The second-order valence-electron chi connectivity index (χ2n) is 9.80. The van der Waals surface area contributed by atoms with Crippen LogP contribution in [0.25, 0.3) is 0 Å². The molecule has 4 atom stereocenters. The van der Waals surface area contributed by atoms with Gasteiger partial charge in [0.15, 0.2) is 0 Å². The van der Waals surface area contributed by atoms with E-state index in [0.717, 1.165) is 12.8 Å². The van der Waals surface area contributed by atoms with Crippen molar-refractivity contribution < 1.29 is 23.2 Å². The summed E-state index contributed by atoms with van der Waals surface area (Å²) < 4.78 is 40.4. The lowest BCUT2D eigenvalue weighted by Crippen LogP contribution is -2.40. The summed E-state index contributed by atoms with van der Waals surface area (Å²) in [5, 5.41) is 2.89. The highest BCUT2D eigenvalue weighted by Crippen LogP contribution is 2.32. The third-order valence-electron chi connectivity index (χ3n) is 4.68. The number of nitrogens with one attached hydrogen (secondary N) is 2. The van der Waals surface area contributed by atoms with Gasteiger partial charge in [-0.05, 0) is 79.5 Å². The topological polar surface area (TPSA) is 82.6 Å². The van der Waals surface area contributed by atoms with Crippen LogP contribution in [0.3, 0.4) is 0 Å². The fraction of sp³-hybridized carbons (Fsp3) is 0.682. The highest BCUT2D eigenvalue weighted by Gasteiger charge is 2.32. The first-order chi connectivity index (χ1) is 13.7. The first-order valence-corrected chi connectivity index (χ1v) is 11.5. The normalized spacial score (nSPS) is 21.8. The van der Waals surface area contributed by atoms with E-state index in [1.54, 1.807) is 6.07 Å². The van der Waals surface area contributed by atoms with Crippen LogP contribution in [-0.2, 0) is 16.1 Å². The molecule has 0 saturated heterocycles. The summed E-state index contributed by atoms with van der Waals surface area (Å²) in [6.45, 7) is 12.9. The van der Waals surface area contributed by atoms with Gasteiger partial charge in [-0.3, -0.25) is 0 Å². The van der Waals surface area contributed by atoms with E-state index >= 15 is 0 Å². The Bertz CT molecular complexity index is 733. The number of carbonyl (C=O) groups excluding carboxylic acids is 1. The molecule has 0 heterocycles. The Hall–Kier alpha value is -1.51. The predicted molar refractivity (Wildman–Crippen MR) is 117 cm³/mol. The molecule has 170 valence electrons. The van der Waals surface area contributed by atoms with Crippen LogP contribution in [0.4, 0.5) is 9.18 Å². The van der Waals surface area contributed by atoms with Crippen molar-refractivity contribution in [2.24, 2.45) is 0 Å². The molecule has 0 aromatic heterocycles. The van der Waals surface area contributed by atoms with E-state index in [-0.39, 0.29) is 24.0 Å². The summed E-state index contributed by atoms with van der Waals surface area (Å²) in [6, 6.07) is 4.00. The van der Waals surface area contributed by atoms with Crippen molar-refractivity contribution in [1.29, 1.82) is 0 Å². The highest BCUT2D eigenvalue weighted by molar-refractivity contribution is 7.90. The first-order valence-electron chi connectivity index (χ1n) is 10.4. The Balaban J connectivity index is 2.01. The molecule has 2 N–H and O–H groups in total. The van der Waals surface area contributed by atoms with Crippen LogP contribution in [0.1, 0.15) is 79.3 Å². The number of alkyl carbamates (subject to hydrolysis) is 1. The van der Waals surface area contributed by atoms with E-state index in [1.165, 1.54) is 12.1 Å². The third-order valence-corrected chi connectivity index (χ3v) is 6.36. The molecule has 1 unspecified atom stereocenters. The molecule has 1 aromatic rings. The number of carbonyl (C=O) groups is 1. The van der Waals surface area contributed by atoms with Gasteiger partial charge in [0.05, 0.1) is 6.04 Å².